The van der Waals surface area contributed by atoms with Gasteiger partial charge in [-0.2, -0.15) is 0 Å². The molecule has 0 aromatic carbocycles. The second-order valence-corrected chi connectivity index (χ2v) is 6.19. The van der Waals surface area contributed by atoms with Crippen LogP contribution in [0.5, 0.6) is 0 Å². The van der Waals surface area contributed by atoms with Crippen LogP contribution in [0.25, 0.3) is 0 Å². The quantitative estimate of drug-likeness (QED) is 0.366. The monoisotopic (exact) mass is 277 g/mol. The van der Waals surface area contributed by atoms with Crippen molar-refractivity contribution in [1.29, 1.82) is 0 Å². The van der Waals surface area contributed by atoms with Gasteiger partial charge in [0.15, 0.2) is 0 Å². The van der Waals surface area contributed by atoms with Gasteiger partial charge >= 0.3 is 0 Å². The molecule has 0 amide bonds. The number of unbranched alkanes of at least 4 members (excludes halogenated alkanes) is 12. The summed E-state index contributed by atoms with van der Waals surface area (Å²) in [7, 11) is 0. The molecule has 0 unspecified atom stereocenters. The smallest absolute Gasteiger partial charge is 0.0147 e. The Bertz CT molecular complexity index is 276. The van der Waals surface area contributed by atoms with Gasteiger partial charge in [0.2, 0.25) is 0 Å². The molecule has 0 radical (unpaired) electrons. The van der Waals surface area contributed by atoms with E-state index >= 15 is 0 Å². The van der Waals surface area contributed by atoms with Crippen molar-refractivity contribution in [1.82, 2.24) is 4.98 Å². The normalized spacial score (nSPS) is 11.1. The third-order valence-electron chi connectivity index (χ3n) is 4.21. The summed E-state index contributed by atoms with van der Waals surface area (Å²) in [5.41, 5.74) is 1.40. The first-order valence-electron chi connectivity index (χ1n) is 9.05. The lowest BCUT2D eigenvalue weighted by Crippen LogP contribution is -1.86. The summed E-state index contributed by atoms with van der Waals surface area (Å²) in [6, 6.07) is 4.29. The molecule has 0 atom stereocenters. The van der Waals surface area contributed by atoms with Crippen molar-refractivity contribution in [3.63, 3.8) is 0 Å². The fraction of sp³-hybridized carbons (Fsp3) is 0.789. The summed E-state index contributed by atoms with van der Waals surface area (Å²) < 4.78 is 0. The zero-order valence-corrected chi connectivity index (χ0v) is 13.6. The number of aromatic nitrogens is 1. The van der Waals surface area contributed by atoms with Crippen molar-refractivity contribution < 1.29 is 0 Å². The van der Waals surface area contributed by atoms with E-state index in [0.717, 1.165) is 0 Å². The van der Waals surface area contributed by atoms with Gasteiger partial charge in [-0.1, -0.05) is 84.0 Å². The zero-order chi connectivity index (χ0) is 14.3. The van der Waals surface area contributed by atoms with Crippen LogP contribution in [0.2, 0.25) is 0 Å². The Labute approximate surface area is 126 Å². The van der Waals surface area contributed by atoms with E-state index in [1.165, 1.54) is 95.6 Å². The number of hydrogen-bond acceptors (Lipinski definition) is 0. The van der Waals surface area contributed by atoms with Gasteiger partial charge in [0.05, 0.1) is 0 Å². The summed E-state index contributed by atoms with van der Waals surface area (Å²) in [5.74, 6) is 0. The van der Waals surface area contributed by atoms with Crippen LogP contribution in [-0.2, 0) is 6.42 Å². The second kappa shape index (κ2) is 13.3. The summed E-state index contributed by atoms with van der Waals surface area (Å²) in [6.07, 6.45) is 21.9. The highest BCUT2D eigenvalue weighted by atomic mass is 14.7. The average Bonchev–Trinajstić information content (AvgIpc) is 2.97. The Balaban J connectivity index is 1.70. The molecule has 20 heavy (non-hydrogen) atoms. The van der Waals surface area contributed by atoms with E-state index in [1.54, 1.807) is 0 Å². The first-order chi connectivity index (χ1) is 9.93. The summed E-state index contributed by atoms with van der Waals surface area (Å²) in [4.78, 5) is 3.28. The number of aryl methyl sites for hydroxylation is 1. The van der Waals surface area contributed by atoms with Gasteiger partial charge in [0.1, 0.15) is 0 Å². The molecule has 116 valence electrons. The second-order valence-electron chi connectivity index (χ2n) is 6.19. The Morgan fingerprint density at radius 2 is 1.20 bits per heavy atom. The maximum absolute atomic E-state index is 3.28. The minimum absolute atomic E-state index is 1.23. The van der Waals surface area contributed by atoms with E-state index in [9.17, 15) is 0 Å². The lowest BCUT2D eigenvalue weighted by atomic mass is 10.0. The zero-order valence-electron chi connectivity index (χ0n) is 13.6. The Kier molecular flexibility index (Phi) is 11.5. The van der Waals surface area contributed by atoms with Crippen molar-refractivity contribution >= 4 is 0 Å². The summed E-state index contributed by atoms with van der Waals surface area (Å²) >= 11 is 0. The van der Waals surface area contributed by atoms with Crippen molar-refractivity contribution in [3.8, 4) is 0 Å². The molecule has 0 saturated carbocycles. The molecule has 1 heterocycles. The van der Waals surface area contributed by atoms with Gasteiger partial charge in [-0.05, 0) is 25.0 Å². The molecule has 0 bridgehead atoms. The maximum Gasteiger partial charge on any atom is 0.0147 e. The van der Waals surface area contributed by atoms with Gasteiger partial charge in [-0.15, -0.1) is 0 Å². The van der Waals surface area contributed by atoms with Gasteiger partial charge in [0.25, 0.3) is 0 Å². The molecule has 1 rings (SSSR count). The van der Waals surface area contributed by atoms with Crippen LogP contribution < -0.4 is 0 Å². The first-order valence-corrected chi connectivity index (χ1v) is 9.05. The van der Waals surface area contributed by atoms with Gasteiger partial charge in [0, 0.05) is 11.9 Å². The first kappa shape index (κ1) is 17.3. The topological polar surface area (TPSA) is 15.8 Å². The third-order valence-corrected chi connectivity index (χ3v) is 4.21. The Morgan fingerprint density at radius 1 is 0.700 bits per heavy atom. The predicted molar refractivity (Wildman–Crippen MR) is 90.2 cm³/mol. The minimum atomic E-state index is 1.23. The standard InChI is InChI=1S/C19H35N/c1-2-3-4-5-6-7-8-9-10-11-12-13-14-16-19-17-15-18-20-19/h15,17-18,20H,2-14,16H2,1H3. The number of nitrogens with one attached hydrogen (secondary N) is 1. The van der Waals surface area contributed by atoms with Crippen LogP contribution in [0.4, 0.5) is 0 Å². The summed E-state index contributed by atoms with van der Waals surface area (Å²) in [6.45, 7) is 2.29. The van der Waals surface area contributed by atoms with Crippen LogP contribution in [0.15, 0.2) is 18.3 Å². The van der Waals surface area contributed by atoms with Crippen LogP contribution in [0.3, 0.4) is 0 Å². The van der Waals surface area contributed by atoms with E-state index < -0.39 is 0 Å². The van der Waals surface area contributed by atoms with E-state index in [2.05, 4.69) is 24.0 Å². The number of rotatable bonds is 14. The lowest BCUT2D eigenvalue weighted by Gasteiger charge is -2.03. The minimum Gasteiger partial charge on any atom is -0.365 e. The highest BCUT2D eigenvalue weighted by Crippen LogP contribution is 2.13. The molecule has 0 spiro atoms. The molecule has 1 N–H and O–H groups in total. The van der Waals surface area contributed by atoms with Gasteiger partial charge in [-0.25, -0.2) is 0 Å². The maximum atomic E-state index is 3.28. The van der Waals surface area contributed by atoms with Crippen LogP contribution in [-0.4, -0.2) is 4.98 Å². The molecule has 0 aliphatic carbocycles. The van der Waals surface area contributed by atoms with Crippen molar-refractivity contribution in [2.75, 3.05) is 0 Å². The molecular formula is C19H35N. The fourth-order valence-corrected chi connectivity index (χ4v) is 2.86. The highest BCUT2D eigenvalue weighted by molar-refractivity contribution is 5.03. The number of aromatic amines is 1. The molecule has 0 aliphatic rings. The average molecular weight is 277 g/mol. The van der Waals surface area contributed by atoms with E-state index in [4.69, 9.17) is 0 Å². The molecule has 1 aromatic rings. The SMILES string of the molecule is CCCCCCCCCCCCCCCc1ccc[nH]1. The van der Waals surface area contributed by atoms with Crippen LogP contribution in [0.1, 0.15) is 96.1 Å². The molecule has 0 aliphatic heterocycles. The molecule has 0 saturated heterocycles. The Morgan fingerprint density at radius 3 is 1.65 bits per heavy atom. The van der Waals surface area contributed by atoms with Gasteiger partial charge in [-0.3, -0.25) is 0 Å². The number of hydrogen-bond donors (Lipinski definition) is 1. The molecule has 1 nitrogen and oxygen atoms in total. The van der Waals surface area contributed by atoms with E-state index in [0.29, 0.717) is 0 Å². The van der Waals surface area contributed by atoms with E-state index in [1.807, 2.05) is 6.20 Å². The molecular weight excluding hydrogens is 242 g/mol. The van der Waals surface area contributed by atoms with Crippen LogP contribution >= 0.6 is 0 Å². The van der Waals surface area contributed by atoms with Crippen molar-refractivity contribution in [2.24, 2.45) is 0 Å². The molecule has 0 fully saturated rings. The predicted octanol–water partition coefficient (Wildman–Crippen LogP) is 6.65. The molecule has 1 aromatic heterocycles. The van der Waals surface area contributed by atoms with Gasteiger partial charge < -0.3 is 4.98 Å². The summed E-state index contributed by atoms with van der Waals surface area (Å²) in [5, 5.41) is 0. The fourth-order valence-electron chi connectivity index (χ4n) is 2.86. The number of H-pyrrole nitrogens is 1. The lowest BCUT2D eigenvalue weighted by molar-refractivity contribution is 0.539. The van der Waals surface area contributed by atoms with Crippen molar-refractivity contribution in [2.45, 2.75) is 96.8 Å². The van der Waals surface area contributed by atoms with Crippen LogP contribution in [0, 0.1) is 0 Å². The third kappa shape index (κ3) is 10.1. The Hall–Kier alpha value is -0.720. The van der Waals surface area contributed by atoms with Crippen molar-refractivity contribution in [3.05, 3.63) is 24.0 Å². The molecule has 1 heteroatoms. The van der Waals surface area contributed by atoms with E-state index in [-0.39, 0.29) is 0 Å². The largest absolute Gasteiger partial charge is 0.365 e. The highest BCUT2D eigenvalue weighted by Gasteiger charge is 1.95.